The third-order valence-corrected chi connectivity index (χ3v) is 7.15. The van der Waals surface area contributed by atoms with Crippen molar-refractivity contribution >= 4 is 21.6 Å². The highest BCUT2D eigenvalue weighted by atomic mass is 32.2. The zero-order valence-electron chi connectivity index (χ0n) is 15.7. The van der Waals surface area contributed by atoms with Crippen LogP contribution in [-0.2, 0) is 14.8 Å². The van der Waals surface area contributed by atoms with Crippen LogP contribution in [0, 0.1) is 18.6 Å². The number of nitrogens with zero attached hydrogens (tertiary/aromatic N) is 2. The predicted molar refractivity (Wildman–Crippen MR) is 103 cm³/mol. The number of benzene rings is 2. The van der Waals surface area contributed by atoms with E-state index in [2.05, 4.69) is 10.3 Å². The van der Waals surface area contributed by atoms with E-state index in [1.165, 1.54) is 4.31 Å². The number of aryl methyl sites for hydroxylation is 1. The molecule has 1 N–H and O–H groups in total. The average Bonchev–Trinajstić information content (AvgIpc) is 3.00. The van der Waals surface area contributed by atoms with Gasteiger partial charge in [-0.25, -0.2) is 17.2 Å². The normalized spacial score (nSPS) is 19.3. The van der Waals surface area contributed by atoms with Gasteiger partial charge in [0.1, 0.15) is 11.4 Å². The molecular formula is C20H19F2N3O3S. The molecule has 2 aromatic carbocycles. The van der Waals surface area contributed by atoms with Gasteiger partial charge in [0, 0.05) is 31.5 Å². The molecule has 1 amide bonds. The molecule has 0 aromatic heterocycles. The lowest BCUT2D eigenvalue weighted by Gasteiger charge is -2.36. The maximum absolute atomic E-state index is 13.5. The smallest absolute Gasteiger partial charge is 0.272 e. The van der Waals surface area contributed by atoms with Gasteiger partial charge in [0.05, 0.1) is 4.90 Å². The molecule has 1 spiro atoms. The minimum Gasteiger partial charge on any atom is -0.326 e. The van der Waals surface area contributed by atoms with E-state index in [0.29, 0.717) is 11.8 Å². The van der Waals surface area contributed by atoms with Crippen LogP contribution < -0.4 is 5.32 Å². The number of sulfonamides is 1. The number of piperidine rings is 1. The second-order valence-corrected chi connectivity index (χ2v) is 9.23. The summed E-state index contributed by atoms with van der Waals surface area (Å²) >= 11 is 0. The Kier molecular flexibility index (Phi) is 4.74. The number of nitrogens with one attached hydrogen (secondary N) is 1. The molecule has 0 bridgehead atoms. The Bertz CT molecular complexity index is 1120. The molecule has 152 valence electrons. The van der Waals surface area contributed by atoms with E-state index in [1.807, 2.05) is 31.2 Å². The maximum atomic E-state index is 13.5. The van der Waals surface area contributed by atoms with E-state index in [1.54, 1.807) is 0 Å². The molecule has 0 radical (unpaired) electrons. The van der Waals surface area contributed by atoms with E-state index in [9.17, 15) is 22.0 Å². The summed E-state index contributed by atoms with van der Waals surface area (Å²) in [4.78, 5) is 16.8. The Balaban J connectivity index is 1.54. The molecule has 4 rings (SSSR count). The molecule has 0 atom stereocenters. The van der Waals surface area contributed by atoms with Crippen molar-refractivity contribution in [3.63, 3.8) is 0 Å². The highest BCUT2D eigenvalue weighted by Crippen LogP contribution is 2.31. The van der Waals surface area contributed by atoms with Gasteiger partial charge in [-0.3, -0.25) is 9.79 Å². The Morgan fingerprint density at radius 1 is 1.07 bits per heavy atom. The molecule has 1 fully saturated rings. The fourth-order valence-electron chi connectivity index (χ4n) is 3.67. The monoisotopic (exact) mass is 419 g/mol. The summed E-state index contributed by atoms with van der Waals surface area (Å²) in [5.74, 6) is -2.60. The van der Waals surface area contributed by atoms with Crippen LogP contribution in [0.25, 0.3) is 0 Å². The lowest BCUT2D eigenvalue weighted by atomic mass is 10.00. The standard InChI is InChI=1S/C20H19F2N3O3S/c1-13-3-2-4-14(11-13)18-19(26)24-20(23-18)7-9-25(10-8-20)29(27,28)15-5-6-16(21)17(22)12-15/h2-6,11-12H,7-10H2,1H3,(H,24,26). The average molecular weight is 419 g/mol. The molecule has 9 heteroatoms. The van der Waals surface area contributed by atoms with E-state index in [0.717, 1.165) is 23.3 Å². The lowest BCUT2D eigenvalue weighted by Crippen LogP contribution is -2.52. The van der Waals surface area contributed by atoms with Crippen molar-refractivity contribution in [2.75, 3.05) is 13.1 Å². The molecule has 2 aliphatic rings. The first kappa shape index (κ1) is 19.7. The number of hydrogen-bond donors (Lipinski definition) is 1. The van der Waals surface area contributed by atoms with Crippen molar-refractivity contribution in [1.82, 2.24) is 9.62 Å². The van der Waals surface area contributed by atoms with Crippen molar-refractivity contribution < 1.29 is 22.0 Å². The van der Waals surface area contributed by atoms with Gasteiger partial charge >= 0.3 is 0 Å². The Morgan fingerprint density at radius 3 is 2.45 bits per heavy atom. The number of aliphatic imine (C=N–C) groups is 1. The molecule has 2 heterocycles. The maximum Gasteiger partial charge on any atom is 0.272 e. The lowest BCUT2D eigenvalue weighted by molar-refractivity contribution is -0.115. The van der Waals surface area contributed by atoms with E-state index >= 15 is 0 Å². The number of hydrogen-bond acceptors (Lipinski definition) is 4. The van der Waals surface area contributed by atoms with Gasteiger partial charge in [-0.1, -0.05) is 23.8 Å². The van der Waals surface area contributed by atoms with Gasteiger partial charge in [-0.2, -0.15) is 4.31 Å². The zero-order valence-corrected chi connectivity index (χ0v) is 16.5. The van der Waals surface area contributed by atoms with Gasteiger partial charge in [0.15, 0.2) is 11.6 Å². The van der Waals surface area contributed by atoms with Crippen molar-refractivity contribution in [3.05, 3.63) is 65.2 Å². The van der Waals surface area contributed by atoms with Gasteiger partial charge in [0.2, 0.25) is 10.0 Å². The van der Waals surface area contributed by atoms with Gasteiger partial charge in [-0.05, 0) is 31.2 Å². The van der Waals surface area contributed by atoms with Crippen LogP contribution in [0.2, 0.25) is 0 Å². The first-order chi connectivity index (χ1) is 13.7. The SMILES string of the molecule is Cc1cccc(C2=NC3(CCN(S(=O)(=O)c4ccc(F)c(F)c4)CC3)NC2=O)c1. The highest BCUT2D eigenvalue weighted by molar-refractivity contribution is 7.89. The molecule has 2 aromatic rings. The van der Waals surface area contributed by atoms with Crippen LogP contribution in [0.1, 0.15) is 24.0 Å². The molecule has 6 nitrogen and oxygen atoms in total. The summed E-state index contributed by atoms with van der Waals surface area (Å²) in [6, 6.07) is 9.98. The number of halogens is 2. The zero-order chi connectivity index (χ0) is 20.8. The van der Waals surface area contributed by atoms with Gasteiger partial charge < -0.3 is 5.32 Å². The molecular weight excluding hydrogens is 400 g/mol. The number of amides is 1. The number of rotatable bonds is 3. The largest absolute Gasteiger partial charge is 0.326 e. The molecule has 1 saturated heterocycles. The van der Waals surface area contributed by atoms with Gasteiger partial charge in [0.25, 0.3) is 5.91 Å². The minimum absolute atomic E-state index is 0.103. The summed E-state index contributed by atoms with van der Waals surface area (Å²) in [5.41, 5.74) is 1.21. The Labute approximate surface area is 167 Å². The summed E-state index contributed by atoms with van der Waals surface area (Å²) in [6.45, 7) is 2.13. The second-order valence-electron chi connectivity index (χ2n) is 7.30. The van der Waals surface area contributed by atoms with Crippen LogP contribution >= 0.6 is 0 Å². The highest BCUT2D eigenvalue weighted by Gasteiger charge is 2.44. The topological polar surface area (TPSA) is 78.8 Å². The molecule has 0 aliphatic carbocycles. The molecule has 0 saturated carbocycles. The van der Waals surface area contributed by atoms with E-state index < -0.39 is 27.3 Å². The first-order valence-electron chi connectivity index (χ1n) is 9.15. The fraction of sp³-hybridized carbons (Fsp3) is 0.300. The van der Waals surface area contributed by atoms with Crippen LogP contribution in [0.3, 0.4) is 0 Å². The van der Waals surface area contributed by atoms with Crippen LogP contribution in [0.15, 0.2) is 52.4 Å². The predicted octanol–water partition coefficient (Wildman–Crippen LogP) is 2.37. The number of carbonyl (C=O) groups excluding carboxylic acids is 1. The van der Waals surface area contributed by atoms with Crippen molar-refractivity contribution in [2.24, 2.45) is 4.99 Å². The third-order valence-electron chi connectivity index (χ3n) is 5.26. The summed E-state index contributed by atoms with van der Waals surface area (Å²) in [5, 5.41) is 2.89. The summed E-state index contributed by atoms with van der Waals surface area (Å²) < 4.78 is 53.3. The summed E-state index contributed by atoms with van der Waals surface area (Å²) in [6.07, 6.45) is 0.577. The van der Waals surface area contributed by atoms with Crippen molar-refractivity contribution in [2.45, 2.75) is 30.3 Å². The van der Waals surface area contributed by atoms with E-state index in [4.69, 9.17) is 0 Å². The molecule has 0 unspecified atom stereocenters. The van der Waals surface area contributed by atoms with Crippen molar-refractivity contribution in [3.8, 4) is 0 Å². The van der Waals surface area contributed by atoms with Gasteiger partial charge in [-0.15, -0.1) is 0 Å². The van der Waals surface area contributed by atoms with Crippen LogP contribution in [-0.4, -0.2) is 43.1 Å². The summed E-state index contributed by atoms with van der Waals surface area (Å²) in [7, 11) is -3.97. The third kappa shape index (κ3) is 3.56. The first-order valence-corrected chi connectivity index (χ1v) is 10.6. The second kappa shape index (κ2) is 7.00. The van der Waals surface area contributed by atoms with E-state index in [-0.39, 0.29) is 36.7 Å². The fourth-order valence-corrected chi connectivity index (χ4v) is 5.12. The van der Waals surface area contributed by atoms with Crippen LogP contribution in [0.4, 0.5) is 8.78 Å². The molecule has 2 aliphatic heterocycles. The van der Waals surface area contributed by atoms with Crippen molar-refractivity contribution in [1.29, 1.82) is 0 Å². The van der Waals surface area contributed by atoms with Crippen LogP contribution in [0.5, 0.6) is 0 Å². The quantitative estimate of drug-likeness (QED) is 0.830. The Morgan fingerprint density at radius 2 is 1.79 bits per heavy atom. The minimum atomic E-state index is -3.97. The number of carbonyl (C=O) groups is 1. The Hall–Kier alpha value is -2.65. The molecule has 29 heavy (non-hydrogen) atoms.